The molecule has 0 spiro atoms. The molecule has 1 aliphatic rings. The molecule has 1 aromatic heterocycles. The SMILES string of the molecule is COc1ccc(C(=O)NCCc2nnc3n2CCN(C/C(C)=C/c2ccccc2)CC3)cc1. The van der Waals surface area contributed by atoms with Gasteiger partial charge in [0.15, 0.2) is 0 Å². The monoisotopic (exact) mass is 445 g/mol. The summed E-state index contributed by atoms with van der Waals surface area (Å²) in [6, 6.07) is 17.5. The van der Waals surface area contributed by atoms with Gasteiger partial charge >= 0.3 is 0 Å². The molecule has 33 heavy (non-hydrogen) atoms. The fourth-order valence-corrected chi connectivity index (χ4v) is 4.13. The molecule has 7 heteroatoms. The Labute approximate surface area is 195 Å². The molecule has 0 saturated carbocycles. The number of aromatic nitrogens is 3. The number of methoxy groups -OCH3 is 1. The Balaban J connectivity index is 1.29. The van der Waals surface area contributed by atoms with Crippen LogP contribution < -0.4 is 10.1 Å². The number of nitrogens with one attached hydrogen (secondary N) is 1. The first-order chi connectivity index (χ1) is 16.1. The molecule has 1 aliphatic heterocycles. The number of fused-ring (bicyclic) bond motifs is 1. The number of carbonyl (C=O) groups excluding carboxylic acids is 1. The Morgan fingerprint density at radius 1 is 1.06 bits per heavy atom. The Bertz CT molecular complexity index is 1090. The van der Waals surface area contributed by atoms with Crippen LogP contribution in [0.15, 0.2) is 60.2 Å². The number of benzene rings is 2. The first kappa shape index (κ1) is 22.7. The molecule has 0 unspecified atom stereocenters. The molecule has 3 aromatic rings. The minimum Gasteiger partial charge on any atom is -0.497 e. The number of hydrogen-bond acceptors (Lipinski definition) is 5. The van der Waals surface area contributed by atoms with E-state index in [2.05, 4.69) is 62.2 Å². The van der Waals surface area contributed by atoms with Crippen LogP contribution >= 0.6 is 0 Å². The smallest absolute Gasteiger partial charge is 0.251 e. The number of hydrogen-bond donors (Lipinski definition) is 1. The zero-order valence-corrected chi connectivity index (χ0v) is 19.3. The van der Waals surface area contributed by atoms with E-state index in [1.54, 1.807) is 31.4 Å². The molecule has 1 amide bonds. The topological polar surface area (TPSA) is 72.3 Å². The number of nitrogens with zero attached hydrogens (tertiary/aromatic N) is 4. The highest BCUT2D eigenvalue weighted by molar-refractivity contribution is 5.94. The van der Waals surface area contributed by atoms with E-state index in [-0.39, 0.29) is 5.91 Å². The molecule has 0 aliphatic carbocycles. The van der Waals surface area contributed by atoms with Crippen molar-refractivity contribution in [3.05, 3.63) is 82.9 Å². The molecule has 2 heterocycles. The maximum Gasteiger partial charge on any atom is 0.251 e. The van der Waals surface area contributed by atoms with E-state index in [4.69, 9.17) is 4.74 Å². The molecular formula is C26H31N5O2. The van der Waals surface area contributed by atoms with Gasteiger partial charge in [-0.15, -0.1) is 10.2 Å². The third kappa shape index (κ3) is 6.08. The maximum absolute atomic E-state index is 12.4. The molecule has 0 radical (unpaired) electrons. The van der Waals surface area contributed by atoms with E-state index in [0.717, 1.165) is 50.0 Å². The van der Waals surface area contributed by atoms with Crippen LogP contribution in [0.4, 0.5) is 0 Å². The number of amides is 1. The van der Waals surface area contributed by atoms with Crippen LogP contribution in [0.1, 0.15) is 34.5 Å². The standard InChI is InChI=1S/C26H31N5O2/c1-20(18-21-6-4-3-5-7-21)19-30-15-13-25-29-28-24(31(25)17-16-30)12-14-27-26(32)22-8-10-23(33-2)11-9-22/h3-11,18H,12-17,19H2,1-2H3,(H,27,32)/b20-18+. The summed E-state index contributed by atoms with van der Waals surface area (Å²) in [6.45, 7) is 6.44. The van der Waals surface area contributed by atoms with Gasteiger partial charge in [-0.1, -0.05) is 42.0 Å². The minimum atomic E-state index is -0.0971. The highest BCUT2D eigenvalue weighted by Crippen LogP contribution is 2.14. The Kier molecular flexibility index (Phi) is 7.52. The van der Waals surface area contributed by atoms with Crippen molar-refractivity contribution in [2.75, 3.05) is 33.3 Å². The summed E-state index contributed by atoms with van der Waals surface area (Å²) in [6.07, 6.45) is 3.79. The van der Waals surface area contributed by atoms with E-state index in [1.165, 1.54) is 11.1 Å². The highest BCUT2D eigenvalue weighted by Gasteiger charge is 2.19. The Morgan fingerprint density at radius 3 is 2.61 bits per heavy atom. The van der Waals surface area contributed by atoms with Gasteiger partial charge < -0.3 is 14.6 Å². The minimum absolute atomic E-state index is 0.0971. The van der Waals surface area contributed by atoms with Gasteiger partial charge in [-0.3, -0.25) is 9.69 Å². The zero-order chi connectivity index (χ0) is 23.0. The van der Waals surface area contributed by atoms with Gasteiger partial charge in [0.2, 0.25) is 0 Å². The quantitative estimate of drug-likeness (QED) is 0.576. The summed E-state index contributed by atoms with van der Waals surface area (Å²) in [5.41, 5.74) is 3.20. The predicted molar refractivity (Wildman–Crippen MR) is 129 cm³/mol. The summed E-state index contributed by atoms with van der Waals surface area (Å²) in [4.78, 5) is 14.9. The van der Waals surface area contributed by atoms with Crippen LogP contribution in [-0.4, -0.2) is 58.9 Å². The fourth-order valence-electron chi connectivity index (χ4n) is 4.13. The highest BCUT2D eigenvalue weighted by atomic mass is 16.5. The lowest BCUT2D eigenvalue weighted by Crippen LogP contribution is -2.29. The lowest BCUT2D eigenvalue weighted by atomic mass is 10.1. The van der Waals surface area contributed by atoms with Crippen molar-refractivity contribution in [3.63, 3.8) is 0 Å². The molecule has 7 nitrogen and oxygen atoms in total. The first-order valence-corrected chi connectivity index (χ1v) is 11.4. The summed E-state index contributed by atoms with van der Waals surface area (Å²) in [5.74, 6) is 2.59. The number of carbonyl (C=O) groups is 1. The molecular weight excluding hydrogens is 414 g/mol. The van der Waals surface area contributed by atoms with Crippen molar-refractivity contribution in [2.45, 2.75) is 26.3 Å². The zero-order valence-electron chi connectivity index (χ0n) is 19.3. The van der Waals surface area contributed by atoms with Gasteiger partial charge in [0.05, 0.1) is 7.11 Å². The van der Waals surface area contributed by atoms with E-state index < -0.39 is 0 Å². The molecule has 4 rings (SSSR count). The average Bonchev–Trinajstić information content (AvgIpc) is 3.11. The van der Waals surface area contributed by atoms with Crippen LogP contribution in [0.3, 0.4) is 0 Å². The van der Waals surface area contributed by atoms with Crippen molar-refractivity contribution in [1.82, 2.24) is 25.0 Å². The number of ether oxygens (including phenoxy) is 1. The van der Waals surface area contributed by atoms with E-state index >= 15 is 0 Å². The second-order valence-corrected chi connectivity index (χ2v) is 8.35. The third-order valence-corrected chi connectivity index (χ3v) is 5.87. The molecule has 0 atom stereocenters. The average molecular weight is 446 g/mol. The third-order valence-electron chi connectivity index (χ3n) is 5.87. The number of rotatable bonds is 8. The van der Waals surface area contributed by atoms with E-state index in [9.17, 15) is 4.79 Å². The van der Waals surface area contributed by atoms with Crippen molar-refractivity contribution in [3.8, 4) is 5.75 Å². The van der Waals surface area contributed by atoms with Crippen molar-refractivity contribution >= 4 is 12.0 Å². The molecule has 0 fully saturated rings. The van der Waals surface area contributed by atoms with Crippen LogP contribution in [-0.2, 0) is 19.4 Å². The summed E-state index contributed by atoms with van der Waals surface area (Å²) in [7, 11) is 1.61. The van der Waals surface area contributed by atoms with Crippen molar-refractivity contribution < 1.29 is 9.53 Å². The van der Waals surface area contributed by atoms with Gasteiger partial charge in [-0.25, -0.2) is 0 Å². The molecule has 1 N–H and O–H groups in total. The lowest BCUT2D eigenvalue weighted by molar-refractivity contribution is 0.0954. The van der Waals surface area contributed by atoms with Crippen molar-refractivity contribution in [1.29, 1.82) is 0 Å². The molecule has 0 saturated heterocycles. The Morgan fingerprint density at radius 2 is 1.85 bits per heavy atom. The molecule has 0 bridgehead atoms. The fraction of sp³-hybridized carbons (Fsp3) is 0.346. The molecule has 2 aromatic carbocycles. The van der Waals surface area contributed by atoms with Crippen LogP contribution in [0.5, 0.6) is 5.75 Å². The maximum atomic E-state index is 12.4. The summed E-state index contributed by atoms with van der Waals surface area (Å²) in [5, 5.41) is 11.8. The van der Waals surface area contributed by atoms with Crippen LogP contribution in [0, 0.1) is 0 Å². The van der Waals surface area contributed by atoms with Crippen LogP contribution in [0.2, 0.25) is 0 Å². The largest absolute Gasteiger partial charge is 0.497 e. The lowest BCUT2D eigenvalue weighted by Gasteiger charge is -2.20. The first-order valence-electron chi connectivity index (χ1n) is 11.4. The second kappa shape index (κ2) is 10.9. The van der Waals surface area contributed by atoms with E-state index in [0.29, 0.717) is 18.5 Å². The summed E-state index contributed by atoms with van der Waals surface area (Å²) < 4.78 is 7.36. The van der Waals surface area contributed by atoms with Gasteiger partial charge in [0.1, 0.15) is 17.4 Å². The van der Waals surface area contributed by atoms with Gasteiger partial charge in [-0.2, -0.15) is 0 Å². The second-order valence-electron chi connectivity index (χ2n) is 8.35. The van der Waals surface area contributed by atoms with Gasteiger partial charge in [0.25, 0.3) is 5.91 Å². The van der Waals surface area contributed by atoms with Crippen molar-refractivity contribution in [2.24, 2.45) is 0 Å². The molecule has 172 valence electrons. The Hall–Kier alpha value is -3.45. The normalized spacial score (nSPS) is 14.4. The summed E-state index contributed by atoms with van der Waals surface area (Å²) >= 11 is 0. The van der Waals surface area contributed by atoms with Gasteiger partial charge in [0, 0.05) is 51.1 Å². The van der Waals surface area contributed by atoms with Crippen LogP contribution in [0.25, 0.3) is 6.08 Å². The van der Waals surface area contributed by atoms with E-state index in [1.807, 2.05) is 6.07 Å². The predicted octanol–water partition coefficient (Wildman–Crippen LogP) is 3.22. The van der Waals surface area contributed by atoms with Gasteiger partial charge in [-0.05, 0) is 36.8 Å².